The van der Waals surface area contributed by atoms with Crippen LogP contribution in [-0.2, 0) is 11.3 Å². The summed E-state index contributed by atoms with van der Waals surface area (Å²) in [5.74, 6) is 1.22. The quantitative estimate of drug-likeness (QED) is 0.484. The van der Waals surface area contributed by atoms with Gasteiger partial charge in [-0.15, -0.1) is 0 Å². The Balaban J connectivity index is 2.27. The molecule has 0 aromatic carbocycles. The lowest BCUT2D eigenvalue weighted by molar-refractivity contribution is -0.123. The van der Waals surface area contributed by atoms with Crippen molar-refractivity contribution < 1.29 is 4.79 Å². The van der Waals surface area contributed by atoms with E-state index in [-0.39, 0.29) is 23.1 Å². The van der Waals surface area contributed by atoms with E-state index in [0.717, 1.165) is 43.7 Å². The molecule has 1 unspecified atom stereocenters. The van der Waals surface area contributed by atoms with E-state index in [2.05, 4.69) is 17.9 Å². The van der Waals surface area contributed by atoms with Crippen LogP contribution in [0.3, 0.4) is 0 Å². The lowest BCUT2D eigenvalue weighted by Crippen LogP contribution is -2.40. The van der Waals surface area contributed by atoms with Crippen molar-refractivity contribution in [1.82, 2.24) is 9.47 Å². The Morgan fingerprint density at radius 1 is 1.35 bits per heavy atom. The number of anilines is 1. The smallest absolute Gasteiger partial charge is 0.270 e. The van der Waals surface area contributed by atoms with Gasteiger partial charge >= 0.3 is 0 Å². The van der Waals surface area contributed by atoms with Crippen LogP contribution in [0.4, 0.5) is 5.82 Å². The highest BCUT2D eigenvalue weighted by Gasteiger charge is 2.35. The zero-order valence-electron chi connectivity index (χ0n) is 18.9. The minimum Gasteiger partial charge on any atom is -0.357 e. The second-order valence-electron chi connectivity index (χ2n) is 8.64. The molecule has 2 saturated heterocycles. The summed E-state index contributed by atoms with van der Waals surface area (Å²) in [5, 5.41) is 9.73. The molecule has 1 aromatic heterocycles. The Bertz CT molecular complexity index is 1040. The molecule has 31 heavy (non-hydrogen) atoms. The first-order valence-corrected chi connectivity index (χ1v) is 12.1. The summed E-state index contributed by atoms with van der Waals surface area (Å²) in [5.41, 5.74) is 1.31. The van der Waals surface area contributed by atoms with Crippen LogP contribution in [0.2, 0.25) is 0 Å². The van der Waals surface area contributed by atoms with Gasteiger partial charge in [0.05, 0.1) is 4.91 Å². The van der Waals surface area contributed by atoms with Gasteiger partial charge < -0.3 is 4.90 Å². The van der Waals surface area contributed by atoms with E-state index >= 15 is 0 Å². The predicted octanol–water partition coefficient (Wildman–Crippen LogP) is 4.28. The minimum absolute atomic E-state index is 0.0226. The summed E-state index contributed by atoms with van der Waals surface area (Å²) >= 11 is 6.73. The number of rotatable bonds is 5. The second-order valence-corrected chi connectivity index (χ2v) is 10.3. The maximum absolute atomic E-state index is 13.2. The van der Waals surface area contributed by atoms with Crippen LogP contribution in [-0.4, -0.2) is 38.8 Å². The monoisotopic (exact) mass is 458 g/mol. The number of carbonyl (C=O) groups excluding carboxylic acids is 1. The van der Waals surface area contributed by atoms with E-state index in [1.165, 1.54) is 11.8 Å². The van der Waals surface area contributed by atoms with Crippen molar-refractivity contribution in [1.29, 1.82) is 5.26 Å². The fraction of sp³-hybridized carbons (Fsp3) is 0.565. The summed E-state index contributed by atoms with van der Waals surface area (Å²) in [6.07, 6.45) is 4.83. The van der Waals surface area contributed by atoms with Crippen molar-refractivity contribution in [3.8, 4) is 6.07 Å². The van der Waals surface area contributed by atoms with E-state index in [0.29, 0.717) is 27.3 Å². The first kappa shape index (κ1) is 23.6. The largest absolute Gasteiger partial charge is 0.357 e. The van der Waals surface area contributed by atoms with Crippen LogP contribution in [0.15, 0.2) is 9.70 Å². The Labute approximate surface area is 193 Å². The van der Waals surface area contributed by atoms with Crippen molar-refractivity contribution in [2.75, 3.05) is 18.0 Å². The highest BCUT2D eigenvalue weighted by Crippen LogP contribution is 2.37. The average molecular weight is 459 g/mol. The van der Waals surface area contributed by atoms with Crippen LogP contribution < -0.4 is 10.5 Å². The zero-order chi connectivity index (χ0) is 22.9. The van der Waals surface area contributed by atoms with Gasteiger partial charge in [0.2, 0.25) is 0 Å². The van der Waals surface area contributed by atoms with Crippen molar-refractivity contribution >= 4 is 46.1 Å². The molecule has 6 nitrogen and oxygen atoms in total. The van der Waals surface area contributed by atoms with Crippen molar-refractivity contribution in [3.63, 3.8) is 0 Å². The molecule has 1 amide bonds. The Morgan fingerprint density at radius 3 is 2.61 bits per heavy atom. The summed E-state index contributed by atoms with van der Waals surface area (Å²) in [6, 6.07) is 2.08. The highest BCUT2D eigenvalue weighted by atomic mass is 32.2. The minimum atomic E-state index is -0.248. The normalized spacial score (nSPS) is 20.8. The van der Waals surface area contributed by atoms with E-state index in [9.17, 15) is 14.9 Å². The van der Waals surface area contributed by atoms with E-state index in [1.807, 2.05) is 33.8 Å². The molecule has 2 aliphatic rings. The van der Waals surface area contributed by atoms with Gasteiger partial charge in [-0.1, -0.05) is 37.8 Å². The van der Waals surface area contributed by atoms with Gasteiger partial charge in [0.1, 0.15) is 21.8 Å². The topological polar surface area (TPSA) is 69.3 Å². The lowest BCUT2D eigenvalue weighted by Gasteiger charge is -2.36. The molecular weight excluding hydrogens is 428 g/mol. The lowest BCUT2D eigenvalue weighted by atomic mass is 9.98. The average Bonchev–Trinajstić information content (AvgIpc) is 2.99. The fourth-order valence-electron chi connectivity index (χ4n) is 4.35. The highest BCUT2D eigenvalue weighted by molar-refractivity contribution is 8.26. The first-order chi connectivity index (χ1) is 14.7. The van der Waals surface area contributed by atoms with Crippen LogP contribution in [0, 0.1) is 24.2 Å². The Morgan fingerprint density at radius 2 is 2.06 bits per heavy atom. The number of nitrogens with zero attached hydrogens (tertiary/aromatic N) is 4. The van der Waals surface area contributed by atoms with E-state index in [4.69, 9.17) is 12.2 Å². The predicted molar refractivity (Wildman–Crippen MR) is 131 cm³/mol. The maximum Gasteiger partial charge on any atom is 0.270 e. The molecule has 2 aliphatic heterocycles. The molecule has 0 spiro atoms. The van der Waals surface area contributed by atoms with Crippen molar-refractivity contribution in [2.45, 2.75) is 66.5 Å². The number of pyridine rings is 1. The van der Waals surface area contributed by atoms with Crippen LogP contribution in [0.5, 0.6) is 0 Å². The number of hydrogen-bond donors (Lipinski definition) is 0. The Kier molecular flexibility index (Phi) is 7.28. The molecule has 1 aromatic rings. The number of thiocarbonyl (C=S) groups is 1. The molecule has 2 fully saturated rings. The number of thioether (sulfide) groups is 1. The van der Waals surface area contributed by atoms with Crippen LogP contribution in [0.1, 0.15) is 63.6 Å². The fourth-order valence-corrected chi connectivity index (χ4v) is 5.86. The SMILES string of the molecule is CCCn1c(N2CCCC(C)C2)c(/C=C2/SC(=S)N(C(C)C)C2=O)c(C)c(C#N)c1=O. The molecule has 3 heterocycles. The second kappa shape index (κ2) is 9.58. The standard InChI is InChI=1S/C23H30N4O2S2/c1-6-9-26-20(25-10-7-8-15(4)13-25)17(16(5)18(12-24)21(26)28)11-19-22(29)27(14(2)3)23(30)31-19/h11,14-15H,6-10,13H2,1-5H3/b19-11+. The van der Waals surface area contributed by atoms with E-state index in [1.54, 1.807) is 9.47 Å². The third-order valence-electron chi connectivity index (χ3n) is 5.87. The molecule has 0 aliphatic carbocycles. The molecule has 3 rings (SSSR count). The summed E-state index contributed by atoms with van der Waals surface area (Å²) < 4.78 is 2.28. The zero-order valence-corrected chi connectivity index (χ0v) is 20.5. The maximum atomic E-state index is 13.2. The van der Waals surface area contributed by atoms with Gasteiger partial charge in [-0.05, 0) is 57.6 Å². The molecular formula is C23H30N4O2S2. The summed E-state index contributed by atoms with van der Waals surface area (Å²) in [6.45, 7) is 12.2. The van der Waals surface area contributed by atoms with Gasteiger partial charge in [0.15, 0.2) is 0 Å². The van der Waals surface area contributed by atoms with Gasteiger partial charge in [0, 0.05) is 31.2 Å². The Hall–Kier alpha value is -2.11. The van der Waals surface area contributed by atoms with Gasteiger partial charge in [-0.25, -0.2) is 0 Å². The van der Waals surface area contributed by atoms with Gasteiger partial charge in [0.25, 0.3) is 11.5 Å². The number of piperidine rings is 1. The number of nitriles is 1. The summed E-state index contributed by atoms with van der Waals surface area (Å²) in [4.78, 5) is 30.7. The van der Waals surface area contributed by atoms with Crippen molar-refractivity contribution in [2.24, 2.45) is 5.92 Å². The molecule has 0 N–H and O–H groups in total. The number of aromatic nitrogens is 1. The van der Waals surface area contributed by atoms with Gasteiger partial charge in [-0.2, -0.15) is 5.26 Å². The van der Waals surface area contributed by atoms with E-state index < -0.39 is 0 Å². The molecule has 166 valence electrons. The third kappa shape index (κ3) is 4.44. The molecule has 8 heteroatoms. The first-order valence-electron chi connectivity index (χ1n) is 10.9. The molecule has 0 saturated carbocycles. The molecule has 0 bridgehead atoms. The summed E-state index contributed by atoms with van der Waals surface area (Å²) in [7, 11) is 0. The molecule has 0 radical (unpaired) electrons. The van der Waals surface area contributed by atoms with Crippen LogP contribution >= 0.6 is 24.0 Å². The van der Waals surface area contributed by atoms with Gasteiger partial charge in [-0.3, -0.25) is 19.1 Å². The number of hydrogen-bond acceptors (Lipinski definition) is 6. The number of carbonyl (C=O) groups is 1. The third-order valence-corrected chi connectivity index (χ3v) is 7.20. The molecule has 1 atom stereocenters. The van der Waals surface area contributed by atoms with Crippen LogP contribution in [0.25, 0.3) is 6.08 Å². The van der Waals surface area contributed by atoms with Crippen molar-refractivity contribution in [3.05, 3.63) is 31.9 Å². The number of amides is 1.